The predicted molar refractivity (Wildman–Crippen MR) is 91.6 cm³/mol. The van der Waals surface area contributed by atoms with Crippen LogP contribution in [0.1, 0.15) is 37.0 Å². The van der Waals surface area contributed by atoms with Gasteiger partial charge >= 0.3 is 0 Å². The molecule has 0 N–H and O–H groups in total. The molecule has 2 amide bonds. The quantitative estimate of drug-likeness (QED) is 0.800. The molecule has 0 unspecified atom stereocenters. The maximum absolute atomic E-state index is 12.6. The lowest BCUT2D eigenvalue weighted by Gasteiger charge is -2.20. The first kappa shape index (κ1) is 17.2. The molecule has 2 aliphatic rings. The summed E-state index contributed by atoms with van der Waals surface area (Å²) in [5.41, 5.74) is -0.598. The van der Waals surface area contributed by atoms with E-state index in [4.69, 9.17) is 11.6 Å². The first-order valence-corrected chi connectivity index (χ1v) is 9.78. The van der Waals surface area contributed by atoms with Gasteiger partial charge < -0.3 is 4.90 Å². The van der Waals surface area contributed by atoms with Gasteiger partial charge in [-0.3, -0.25) is 9.59 Å². The van der Waals surface area contributed by atoms with E-state index in [1.807, 2.05) is 0 Å². The zero-order valence-electron chi connectivity index (χ0n) is 13.6. The standard InChI is InChI=1S/C16H19ClN2O4S/c1-16(2)10-24(22,23)19(15(16)21)11-5-6-13(17)12(9-11)14(20)18-7-3-4-8-18/h5-6,9H,3-4,7-8,10H2,1-2H3. The summed E-state index contributed by atoms with van der Waals surface area (Å²) in [6, 6.07) is 4.33. The van der Waals surface area contributed by atoms with Crippen LogP contribution in [0.3, 0.4) is 0 Å². The Kier molecular flexibility index (Phi) is 4.12. The summed E-state index contributed by atoms with van der Waals surface area (Å²) in [4.78, 5) is 26.8. The smallest absolute Gasteiger partial charge is 0.255 e. The third-order valence-corrected chi connectivity index (χ3v) is 6.74. The van der Waals surface area contributed by atoms with Gasteiger partial charge in [-0.25, -0.2) is 12.7 Å². The zero-order chi connectivity index (χ0) is 17.7. The Hall–Kier alpha value is -1.60. The van der Waals surface area contributed by atoms with E-state index in [1.54, 1.807) is 18.7 Å². The largest absolute Gasteiger partial charge is 0.339 e. The summed E-state index contributed by atoms with van der Waals surface area (Å²) in [5.74, 6) is -0.983. The molecule has 0 spiro atoms. The van der Waals surface area contributed by atoms with Gasteiger partial charge in [-0.1, -0.05) is 11.6 Å². The fraction of sp³-hybridized carbons (Fsp3) is 0.500. The minimum atomic E-state index is -3.76. The van der Waals surface area contributed by atoms with Crippen molar-refractivity contribution in [3.63, 3.8) is 0 Å². The van der Waals surface area contributed by atoms with Crippen LogP contribution in [0.25, 0.3) is 0 Å². The SMILES string of the molecule is CC1(C)CS(=O)(=O)N(c2ccc(Cl)c(C(=O)N3CCCC3)c2)C1=O. The second-order valence-electron chi connectivity index (χ2n) is 6.87. The number of hydrogen-bond acceptors (Lipinski definition) is 4. The molecule has 24 heavy (non-hydrogen) atoms. The van der Waals surface area contributed by atoms with Crippen molar-refractivity contribution in [2.75, 3.05) is 23.1 Å². The Morgan fingerprint density at radius 2 is 1.83 bits per heavy atom. The summed E-state index contributed by atoms with van der Waals surface area (Å²) in [6.45, 7) is 4.51. The molecule has 2 heterocycles. The summed E-state index contributed by atoms with van der Waals surface area (Å²) < 4.78 is 25.6. The number of halogens is 1. The highest BCUT2D eigenvalue weighted by atomic mass is 35.5. The number of hydrogen-bond donors (Lipinski definition) is 0. The molecule has 8 heteroatoms. The molecule has 0 radical (unpaired) electrons. The zero-order valence-corrected chi connectivity index (χ0v) is 15.2. The second kappa shape index (κ2) is 5.74. The average molecular weight is 371 g/mol. The molecule has 0 aromatic heterocycles. The van der Waals surface area contributed by atoms with Crippen LogP contribution in [-0.2, 0) is 14.8 Å². The van der Waals surface area contributed by atoms with Gasteiger partial charge in [-0.2, -0.15) is 0 Å². The molecule has 2 fully saturated rings. The van der Waals surface area contributed by atoms with E-state index < -0.39 is 21.3 Å². The lowest BCUT2D eigenvalue weighted by atomic mass is 9.95. The van der Waals surface area contributed by atoms with Crippen LogP contribution in [0.15, 0.2) is 18.2 Å². The van der Waals surface area contributed by atoms with Crippen LogP contribution in [0.5, 0.6) is 0 Å². The summed E-state index contributed by atoms with van der Waals surface area (Å²) in [6.07, 6.45) is 1.88. The van der Waals surface area contributed by atoms with Crippen LogP contribution < -0.4 is 4.31 Å². The van der Waals surface area contributed by atoms with Crippen molar-refractivity contribution in [3.05, 3.63) is 28.8 Å². The lowest BCUT2D eigenvalue weighted by molar-refractivity contribution is -0.123. The van der Waals surface area contributed by atoms with E-state index in [2.05, 4.69) is 0 Å². The van der Waals surface area contributed by atoms with Crippen molar-refractivity contribution in [2.24, 2.45) is 5.41 Å². The highest BCUT2D eigenvalue weighted by molar-refractivity contribution is 7.94. The van der Waals surface area contributed by atoms with Gasteiger partial charge in [0.15, 0.2) is 0 Å². The van der Waals surface area contributed by atoms with Gasteiger partial charge in [-0.05, 0) is 44.9 Å². The van der Waals surface area contributed by atoms with Crippen LogP contribution in [-0.4, -0.2) is 44.0 Å². The minimum Gasteiger partial charge on any atom is -0.339 e. The number of likely N-dealkylation sites (tertiary alicyclic amines) is 1. The molecule has 0 aliphatic carbocycles. The molecule has 0 saturated carbocycles. The van der Waals surface area contributed by atoms with Crippen LogP contribution in [0.4, 0.5) is 5.69 Å². The number of carbonyl (C=O) groups is 2. The van der Waals surface area contributed by atoms with Crippen LogP contribution in [0.2, 0.25) is 5.02 Å². The molecule has 1 aromatic rings. The van der Waals surface area contributed by atoms with Crippen molar-refractivity contribution in [2.45, 2.75) is 26.7 Å². The Morgan fingerprint density at radius 1 is 1.21 bits per heavy atom. The molecular weight excluding hydrogens is 352 g/mol. The number of carbonyl (C=O) groups excluding carboxylic acids is 2. The van der Waals surface area contributed by atoms with Crippen LogP contribution >= 0.6 is 11.6 Å². The monoisotopic (exact) mass is 370 g/mol. The Bertz CT molecular complexity index is 813. The molecule has 6 nitrogen and oxygen atoms in total. The van der Waals surface area contributed by atoms with Gasteiger partial charge in [0.05, 0.1) is 27.4 Å². The normalized spacial score (nSPS) is 22.2. The lowest BCUT2D eigenvalue weighted by Crippen LogP contribution is -2.33. The molecule has 2 saturated heterocycles. The van der Waals surface area contributed by atoms with E-state index in [0.29, 0.717) is 13.1 Å². The highest BCUT2D eigenvalue weighted by Crippen LogP contribution is 2.37. The van der Waals surface area contributed by atoms with Gasteiger partial charge in [0.1, 0.15) is 0 Å². The summed E-state index contributed by atoms with van der Waals surface area (Å²) in [7, 11) is -3.76. The first-order valence-electron chi connectivity index (χ1n) is 7.80. The van der Waals surface area contributed by atoms with Crippen molar-refractivity contribution in [3.8, 4) is 0 Å². The number of benzene rings is 1. The van der Waals surface area contributed by atoms with E-state index >= 15 is 0 Å². The molecular formula is C16H19ClN2O4S. The molecule has 2 aliphatic heterocycles. The van der Waals surface area contributed by atoms with Gasteiger partial charge in [-0.15, -0.1) is 0 Å². The van der Waals surface area contributed by atoms with E-state index in [1.165, 1.54) is 18.2 Å². The van der Waals surface area contributed by atoms with E-state index in [9.17, 15) is 18.0 Å². The summed E-state index contributed by atoms with van der Waals surface area (Å²) >= 11 is 6.14. The number of rotatable bonds is 2. The molecule has 3 rings (SSSR count). The van der Waals surface area contributed by atoms with Gasteiger partial charge in [0.25, 0.3) is 5.91 Å². The number of anilines is 1. The predicted octanol–water partition coefficient (Wildman–Crippen LogP) is 2.28. The fourth-order valence-corrected chi connectivity index (χ4v) is 5.45. The van der Waals surface area contributed by atoms with E-state index in [-0.39, 0.29) is 27.9 Å². The van der Waals surface area contributed by atoms with E-state index in [0.717, 1.165) is 17.1 Å². The van der Waals surface area contributed by atoms with Gasteiger partial charge in [0.2, 0.25) is 15.9 Å². The van der Waals surface area contributed by atoms with Crippen molar-refractivity contribution >= 4 is 39.1 Å². The van der Waals surface area contributed by atoms with Crippen molar-refractivity contribution < 1.29 is 18.0 Å². The third kappa shape index (κ3) is 2.80. The van der Waals surface area contributed by atoms with Crippen molar-refractivity contribution in [1.82, 2.24) is 4.90 Å². The van der Waals surface area contributed by atoms with Crippen LogP contribution in [0, 0.1) is 5.41 Å². The number of sulfonamides is 1. The molecule has 130 valence electrons. The maximum atomic E-state index is 12.6. The second-order valence-corrected chi connectivity index (χ2v) is 9.10. The first-order chi connectivity index (χ1) is 11.1. The topological polar surface area (TPSA) is 74.8 Å². The van der Waals surface area contributed by atoms with Gasteiger partial charge in [0, 0.05) is 13.1 Å². The Labute approximate surface area is 146 Å². The minimum absolute atomic E-state index is 0.164. The highest BCUT2D eigenvalue weighted by Gasteiger charge is 2.50. The Morgan fingerprint density at radius 3 is 2.38 bits per heavy atom. The fourth-order valence-electron chi connectivity index (χ4n) is 3.16. The maximum Gasteiger partial charge on any atom is 0.255 e. The Balaban J connectivity index is 2.03. The molecule has 0 atom stereocenters. The number of amides is 2. The molecule has 1 aromatic carbocycles. The average Bonchev–Trinajstić information content (AvgIpc) is 3.05. The number of nitrogens with zero attached hydrogens (tertiary/aromatic N) is 2. The van der Waals surface area contributed by atoms with Crippen molar-refractivity contribution in [1.29, 1.82) is 0 Å². The molecule has 0 bridgehead atoms. The summed E-state index contributed by atoms with van der Waals surface area (Å²) in [5, 5.41) is 0.249. The third-order valence-electron chi connectivity index (χ3n) is 4.39.